The Labute approximate surface area is 281 Å². The molecule has 0 aliphatic carbocycles. The molecular formula is C37H55N5O5. The van der Waals surface area contributed by atoms with Crippen LogP contribution in [0.25, 0.3) is 0 Å². The first kappa shape index (κ1) is 37.4. The van der Waals surface area contributed by atoms with Gasteiger partial charge in [-0.3, -0.25) is 9.59 Å². The van der Waals surface area contributed by atoms with E-state index in [2.05, 4.69) is 22.9 Å². The van der Waals surface area contributed by atoms with Crippen LogP contribution in [0.15, 0.2) is 48.5 Å². The van der Waals surface area contributed by atoms with E-state index in [-0.39, 0.29) is 31.0 Å². The maximum Gasteiger partial charge on any atom is 0.396 e. The minimum Gasteiger partial charge on any atom is -0.458 e. The fraction of sp³-hybridized carbons (Fsp3) is 0.568. The lowest BCUT2D eigenvalue weighted by atomic mass is 9.98. The molecule has 3 N–H and O–H groups in total. The predicted molar refractivity (Wildman–Crippen MR) is 188 cm³/mol. The Morgan fingerprint density at radius 3 is 1.98 bits per heavy atom. The fourth-order valence-corrected chi connectivity index (χ4v) is 5.55. The van der Waals surface area contributed by atoms with Crippen molar-refractivity contribution in [1.29, 1.82) is 0 Å². The zero-order chi connectivity index (χ0) is 33.9. The number of likely N-dealkylation sites (tertiary alicyclic amines) is 1. The number of amides is 4. The summed E-state index contributed by atoms with van der Waals surface area (Å²) in [7, 11) is 3.93. The van der Waals surface area contributed by atoms with Gasteiger partial charge >= 0.3 is 17.9 Å². The van der Waals surface area contributed by atoms with Crippen molar-refractivity contribution in [2.24, 2.45) is 5.92 Å². The summed E-state index contributed by atoms with van der Waals surface area (Å²) in [6, 6.07) is 14.5. The summed E-state index contributed by atoms with van der Waals surface area (Å²) in [5.41, 5.74) is 3.13. The summed E-state index contributed by atoms with van der Waals surface area (Å²) in [4.78, 5) is 53.4. The highest BCUT2D eigenvalue weighted by Gasteiger charge is 2.25. The molecular weight excluding hydrogens is 594 g/mol. The summed E-state index contributed by atoms with van der Waals surface area (Å²) in [5, 5.41) is 8.49. The molecule has 0 aromatic heterocycles. The number of urea groups is 1. The lowest BCUT2D eigenvalue weighted by Gasteiger charge is -2.31. The van der Waals surface area contributed by atoms with E-state index in [1.165, 1.54) is 51.4 Å². The second kappa shape index (κ2) is 20.9. The Balaban J connectivity index is 1.24. The van der Waals surface area contributed by atoms with Gasteiger partial charge in [0.05, 0.1) is 6.61 Å². The molecule has 10 heteroatoms. The second-order valence-electron chi connectivity index (χ2n) is 12.7. The van der Waals surface area contributed by atoms with Gasteiger partial charge < -0.3 is 30.5 Å². The van der Waals surface area contributed by atoms with Crippen LogP contribution in [0.4, 0.5) is 16.2 Å². The molecule has 258 valence electrons. The molecule has 0 spiro atoms. The number of nitrogens with one attached hydrogen (secondary N) is 3. The molecule has 0 unspecified atom stereocenters. The van der Waals surface area contributed by atoms with E-state index in [0.29, 0.717) is 38.0 Å². The Morgan fingerprint density at radius 1 is 0.787 bits per heavy atom. The highest BCUT2D eigenvalue weighted by Crippen LogP contribution is 2.20. The molecule has 1 heterocycles. The van der Waals surface area contributed by atoms with Gasteiger partial charge in [-0.05, 0) is 67.1 Å². The molecule has 2 aromatic carbocycles. The van der Waals surface area contributed by atoms with E-state index in [1.54, 1.807) is 29.2 Å². The highest BCUT2D eigenvalue weighted by molar-refractivity contribution is 6.32. The third-order valence-electron chi connectivity index (χ3n) is 8.66. The summed E-state index contributed by atoms with van der Waals surface area (Å²) in [6.45, 7) is 4.28. The molecule has 1 fully saturated rings. The zero-order valence-electron chi connectivity index (χ0n) is 28.7. The standard InChI is InChI=1S/C37H55N5O5/c1-4-5-6-7-8-9-10-11-12-13-24-38-34(43)31-16-14-29(15-17-31)27-39-35(44)36(45)47-28-30-22-25-42(26-23-30)37(46)40-32-18-20-33(21-19-32)41(2)3/h14-21,30H,4-13,22-28H2,1-3H3,(H,38,43)(H,39,44)(H,40,46). The fourth-order valence-electron chi connectivity index (χ4n) is 5.55. The Morgan fingerprint density at radius 2 is 1.38 bits per heavy atom. The minimum absolute atomic E-state index is 0.0824. The summed E-state index contributed by atoms with van der Waals surface area (Å²) in [6.07, 6.45) is 13.9. The smallest absolute Gasteiger partial charge is 0.396 e. The molecule has 0 saturated carbocycles. The summed E-state index contributed by atoms with van der Waals surface area (Å²) < 4.78 is 5.27. The number of hydrogen-bond acceptors (Lipinski definition) is 6. The van der Waals surface area contributed by atoms with Crippen molar-refractivity contribution in [2.75, 3.05) is 50.6 Å². The first-order valence-corrected chi connectivity index (χ1v) is 17.4. The van der Waals surface area contributed by atoms with Crippen LogP contribution in [0.5, 0.6) is 0 Å². The number of piperidine rings is 1. The van der Waals surface area contributed by atoms with Crippen LogP contribution in [-0.4, -0.2) is 69.1 Å². The summed E-state index contributed by atoms with van der Waals surface area (Å²) >= 11 is 0. The predicted octanol–water partition coefficient (Wildman–Crippen LogP) is 6.51. The van der Waals surface area contributed by atoms with Gasteiger partial charge in [0.1, 0.15) is 0 Å². The van der Waals surface area contributed by atoms with E-state index < -0.39 is 11.9 Å². The molecule has 1 aliphatic rings. The first-order chi connectivity index (χ1) is 22.8. The third-order valence-corrected chi connectivity index (χ3v) is 8.66. The normalized spacial score (nSPS) is 13.1. The number of rotatable bonds is 18. The topological polar surface area (TPSA) is 120 Å². The lowest BCUT2D eigenvalue weighted by molar-refractivity contribution is -0.156. The minimum atomic E-state index is -0.922. The van der Waals surface area contributed by atoms with E-state index in [4.69, 9.17) is 4.74 Å². The second-order valence-corrected chi connectivity index (χ2v) is 12.7. The number of ether oxygens (including phenoxy) is 1. The average Bonchev–Trinajstić information content (AvgIpc) is 3.09. The maximum atomic E-state index is 12.7. The first-order valence-electron chi connectivity index (χ1n) is 17.4. The van der Waals surface area contributed by atoms with E-state index in [9.17, 15) is 19.2 Å². The van der Waals surface area contributed by atoms with Crippen LogP contribution < -0.4 is 20.9 Å². The van der Waals surface area contributed by atoms with Gasteiger partial charge in [-0.25, -0.2) is 9.59 Å². The van der Waals surface area contributed by atoms with Gasteiger partial charge in [0, 0.05) is 57.2 Å². The number of carbonyl (C=O) groups excluding carboxylic acids is 4. The van der Waals surface area contributed by atoms with Gasteiger partial charge in [-0.15, -0.1) is 0 Å². The molecule has 0 bridgehead atoms. The van der Waals surface area contributed by atoms with Crippen LogP contribution in [0.3, 0.4) is 0 Å². The molecule has 10 nitrogen and oxygen atoms in total. The van der Waals surface area contributed by atoms with Crippen molar-refractivity contribution < 1.29 is 23.9 Å². The molecule has 3 rings (SSSR count). The number of nitrogens with zero attached hydrogens (tertiary/aromatic N) is 2. The quantitative estimate of drug-likeness (QED) is 0.0963. The molecule has 1 saturated heterocycles. The zero-order valence-corrected chi connectivity index (χ0v) is 28.7. The Hall–Kier alpha value is -4.08. The van der Waals surface area contributed by atoms with Gasteiger partial charge in [0.25, 0.3) is 5.91 Å². The van der Waals surface area contributed by atoms with Gasteiger partial charge in [-0.2, -0.15) is 0 Å². The molecule has 0 radical (unpaired) electrons. The van der Waals surface area contributed by atoms with E-state index in [1.807, 2.05) is 43.3 Å². The lowest BCUT2D eigenvalue weighted by Crippen LogP contribution is -2.42. The van der Waals surface area contributed by atoms with Gasteiger partial charge in [-0.1, -0.05) is 76.8 Å². The van der Waals surface area contributed by atoms with Crippen molar-refractivity contribution in [1.82, 2.24) is 15.5 Å². The molecule has 2 aromatic rings. The summed E-state index contributed by atoms with van der Waals surface area (Å²) in [5.74, 6) is -1.75. The van der Waals surface area contributed by atoms with Crippen molar-refractivity contribution in [3.05, 3.63) is 59.7 Å². The van der Waals surface area contributed by atoms with Gasteiger partial charge in [0.2, 0.25) is 0 Å². The van der Waals surface area contributed by atoms with E-state index in [0.717, 1.165) is 29.8 Å². The van der Waals surface area contributed by atoms with Gasteiger partial charge in [0.15, 0.2) is 0 Å². The number of unbranched alkanes of at least 4 members (excludes halogenated alkanes) is 9. The SMILES string of the molecule is CCCCCCCCCCCCNC(=O)c1ccc(CNC(=O)C(=O)OCC2CCN(C(=O)Nc3ccc(N(C)C)cc3)CC2)cc1. The highest BCUT2D eigenvalue weighted by atomic mass is 16.5. The Bertz CT molecular complexity index is 1240. The average molecular weight is 650 g/mol. The maximum absolute atomic E-state index is 12.7. The number of benzene rings is 2. The van der Waals surface area contributed by atoms with Crippen LogP contribution in [0.1, 0.15) is 99.9 Å². The molecule has 1 aliphatic heterocycles. The van der Waals surface area contributed by atoms with Crippen LogP contribution in [0, 0.1) is 5.92 Å². The van der Waals surface area contributed by atoms with E-state index >= 15 is 0 Å². The Kier molecular flexibility index (Phi) is 16.6. The largest absolute Gasteiger partial charge is 0.458 e. The van der Waals surface area contributed by atoms with Crippen LogP contribution in [0.2, 0.25) is 0 Å². The monoisotopic (exact) mass is 649 g/mol. The molecule has 4 amide bonds. The molecule has 47 heavy (non-hydrogen) atoms. The number of carbonyl (C=O) groups is 4. The van der Waals surface area contributed by atoms with Crippen LogP contribution >= 0.6 is 0 Å². The van der Waals surface area contributed by atoms with Crippen molar-refractivity contribution in [3.8, 4) is 0 Å². The van der Waals surface area contributed by atoms with Crippen LogP contribution in [-0.2, 0) is 20.9 Å². The third kappa shape index (κ3) is 14.1. The number of esters is 1. The number of anilines is 2. The van der Waals surface area contributed by atoms with Crippen molar-refractivity contribution in [3.63, 3.8) is 0 Å². The van der Waals surface area contributed by atoms with Crippen molar-refractivity contribution in [2.45, 2.75) is 90.5 Å². The molecule has 0 atom stereocenters. The number of hydrogen-bond donors (Lipinski definition) is 3. The van der Waals surface area contributed by atoms with Crippen molar-refractivity contribution >= 4 is 35.2 Å².